The summed E-state index contributed by atoms with van der Waals surface area (Å²) >= 11 is 0. The smallest absolute Gasteiger partial charge is 0.338 e. The molecule has 0 spiro atoms. The van der Waals surface area contributed by atoms with Gasteiger partial charge in [-0.3, -0.25) is 9.59 Å². The molecule has 4 rings (SSSR count). The van der Waals surface area contributed by atoms with E-state index in [1.807, 2.05) is 45.0 Å². The van der Waals surface area contributed by atoms with Crippen molar-refractivity contribution in [1.29, 1.82) is 0 Å². The number of carbonyl (C=O) groups excluding carboxylic acids is 3. The largest absolute Gasteiger partial charge is 0.507 e. The molecule has 1 N–H and O–H groups in total. The third-order valence-corrected chi connectivity index (χ3v) is 6.20. The molecule has 0 bridgehead atoms. The summed E-state index contributed by atoms with van der Waals surface area (Å²) in [5, 5.41) is 11.4. The quantitative estimate of drug-likeness (QED) is 0.183. The highest BCUT2D eigenvalue weighted by Crippen LogP contribution is 2.40. The second kappa shape index (κ2) is 11.3. The van der Waals surface area contributed by atoms with Crippen LogP contribution in [0.3, 0.4) is 0 Å². The minimum Gasteiger partial charge on any atom is -0.507 e. The van der Waals surface area contributed by atoms with Gasteiger partial charge in [-0.2, -0.15) is 0 Å². The number of aryl methyl sites for hydroxylation is 1. The molecular weight excluding hydrogens is 482 g/mol. The van der Waals surface area contributed by atoms with E-state index in [0.717, 1.165) is 11.1 Å². The molecule has 1 unspecified atom stereocenters. The Kier molecular flexibility index (Phi) is 7.96. The van der Waals surface area contributed by atoms with E-state index < -0.39 is 23.7 Å². The Balaban J connectivity index is 1.77. The Hall–Kier alpha value is -4.39. The Morgan fingerprint density at radius 3 is 2.34 bits per heavy atom. The van der Waals surface area contributed by atoms with Crippen LogP contribution < -0.4 is 4.74 Å². The molecule has 0 aromatic heterocycles. The van der Waals surface area contributed by atoms with Gasteiger partial charge in [0.15, 0.2) is 0 Å². The fraction of sp³-hybridized carbons (Fsp3) is 0.258. The molecule has 0 saturated carbocycles. The molecule has 7 nitrogen and oxygen atoms in total. The van der Waals surface area contributed by atoms with E-state index in [-0.39, 0.29) is 30.6 Å². The second-order valence-electron chi connectivity index (χ2n) is 9.45. The van der Waals surface area contributed by atoms with Crippen LogP contribution in [0.2, 0.25) is 0 Å². The number of Topliss-reactive ketones (excluding diaryl/α,β-unsaturated/α-hetero) is 1. The van der Waals surface area contributed by atoms with Crippen molar-refractivity contribution in [3.63, 3.8) is 0 Å². The van der Waals surface area contributed by atoms with Crippen LogP contribution in [0.4, 0.5) is 0 Å². The third-order valence-electron chi connectivity index (χ3n) is 6.20. The average Bonchev–Trinajstić information content (AvgIpc) is 3.13. The highest BCUT2D eigenvalue weighted by Gasteiger charge is 2.46. The number of aliphatic hydroxyl groups is 1. The van der Waals surface area contributed by atoms with Crippen molar-refractivity contribution in [2.75, 3.05) is 6.61 Å². The zero-order valence-electron chi connectivity index (χ0n) is 21.9. The summed E-state index contributed by atoms with van der Waals surface area (Å²) in [7, 11) is 0. The van der Waals surface area contributed by atoms with Gasteiger partial charge in [0, 0.05) is 12.1 Å². The van der Waals surface area contributed by atoms with Gasteiger partial charge >= 0.3 is 5.97 Å². The molecule has 1 amide bonds. The number of hydrogen-bond donors (Lipinski definition) is 1. The number of benzene rings is 3. The molecule has 7 heteroatoms. The molecule has 1 saturated heterocycles. The van der Waals surface area contributed by atoms with Crippen LogP contribution in [0, 0.1) is 6.92 Å². The first-order valence-electron chi connectivity index (χ1n) is 12.6. The van der Waals surface area contributed by atoms with Gasteiger partial charge in [-0.05, 0) is 63.1 Å². The molecule has 0 radical (unpaired) electrons. The van der Waals surface area contributed by atoms with E-state index in [1.54, 1.807) is 55.5 Å². The van der Waals surface area contributed by atoms with Crippen LogP contribution in [0.1, 0.15) is 59.4 Å². The van der Waals surface area contributed by atoms with Crippen molar-refractivity contribution in [3.8, 4) is 5.75 Å². The van der Waals surface area contributed by atoms with Gasteiger partial charge in [0.1, 0.15) is 11.5 Å². The minimum absolute atomic E-state index is 0.0189. The fourth-order valence-electron chi connectivity index (χ4n) is 4.53. The number of ether oxygens (including phenoxy) is 2. The highest BCUT2D eigenvalue weighted by molar-refractivity contribution is 6.46. The van der Waals surface area contributed by atoms with Crippen molar-refractivity contribution >= 4 is 23.4 Å². The number of amides is 1. The number of esters is 1. The predicted molar refractivity (Wildman–Crippen MR) is 144 cm³/mol. The standard InChI is InChI=1S/C31H31NO6/c1-5-37-31(36)22-14-12-21(13-15-22)18-32-27(23-9-6-8-20(4)16-23)26(29(34)30(32)35)28(33)24-10-7-11-25(17-24)38-19(2)3/h6-17,19,27,33H,5,18H2,1-4H3/b28-26+. The SMILES string of the molecule is CCOC(=O)c1ccc(CN2C(=O)C(=O)/C(=C(/O)c3cccc(OC(C)C)c3)C2c2cccc(C)c2)cc1. The number of rotatable bonds is 8. The van der Waals surface area contributed by atoms with Gasteiger partial charge < -0.3 is 19.5 Å². The van der Waals surface area contributed by atoms with E-state index >= 15 is 0 Å². The first-order chi connectivity index (χ1) is 18.2. The maximum Gasteiger partial charge on any atom is 0.338 e. The van der Waals surface area contributed by atoms with Crippen LogP contribution >= 0.6 is 0 Å². The lowest BCUT2D eigenvalue weighted by Crippen LogP contribution is -2.29. The van der Waals surface area contributed by atoms with Crippen LogP contribution in [-0.2, 0) is 20.9 Å². The molecular formula is C31H31NO6. The zero-order valence-corrected chi connectivity index (χ0v) is 21.9. The van der Waals surface area contributed by atoms with Gasteiger partial charge in [0.2, 0.25) is 0 Å². The molecule has 3 aromatic rings. The first kappa shape index (κ1) is 26.7. The summed E-state index contributed by atoms with van der Waals surface area (Å²) < 4.78 is 10.8. The third kappa shape index (κ3) is 5.62. The van der Waals surface area contributed by atoms with Gasteiger partial charge in [-0.25, -0.2) is 4.79 Å². The fourth-order valence-corrected chi connectivity index (χ4v) is 4.53. The Labute approximate surface area is 222 Å². The zero-order chi connectivity index (χ0) is 27.4. The van der Waals surface area contributed by atoms with Crippen LogP contribution in [0.15, 0.2) is 78.4 Å². The van der Waals surface area contributed by atoms with Crippen LogP contribution in [0.25, 0.3) is 5.76 Å². The molecule has 0 aliphatic carbocycles. The molecule has 1 aliphatic rings. The van der Waals surface area contributed by atoms with Crippen LogP contribution in [-0.4, -0.2) is 40.4 Å². The van der Waals surface area contributed by atoms with E-state index in [9.17, 15) is 19.5 Å². The molecule has 1 heterocycles. The highest BCUT2D eigenvalue weighted by atomic mass is 16.5. The van der Waals surface area contributed by atoms with E-state index in [2.05, 4.69) is 0 Å². The monoisotopic (exact) mass is 513 g/mol. The van der Waals surface area contributed by atoms with Gasteiger partial charge in [-0.1, -0.05) is 54.1 Å². The lowest BCUT2D eigenvalue weighted by molar-refractivity contribution is -0.140. The Morgan fingerprint density at radius 1 is 0.974 bits per heavy atom. The van der Waals surface area contributed by atoms with Crippen molar-refractivity contribution in [2.45, 2.75) is 46.4 Å². The minimum atomic E-state index is -0.797. The van der Waals surface area contributed by atoms with Crippen molar-refractivity contribution in [1.82, 2.24) is 4.90 Å². The van der Waals surface area contributed by atoms with Gasteiger partial charge in [0.05, 0.1) is 29.9 Å². The molecule has 1 atom stereocenters. The summed E-state index contributed by atoms with van der Waals surface area (Å²) in [5.41, 5.74) is 3.20. The molecule has 1 aliphatic heterocycles. The topological polar surface area (TPSA) is 93.1 Å². The van der Waals surface area contributed by atoms with Gasteiger partial charge in [-0.15, -0.1) is 0 Å². The van der Waals surface area contributed by atoms with E-state index in [4.69, 9.17) is 9.47 Å². The van der Waals surface area contributed by atoms with E-state index in [1.165, 1.54) is 4.90 Å². The second-order valence-corrected chi connectivity index (χ2v) is 9.45. The molecule has 38 heavy (non-hydrogen) atoms. The maximum atomic E-state index is 13.4. The first-order valence-corrected chi connectivity index (χ1v) is 12.6. The molecule has 1 fully saturated rings. The summed E-state index contributed by atoms with van der Waals surface area (Å²) in [6.07, 6.45) is -0.0690. The summed E-state index contributed by atoms with van der Waals surface area (Å²) in [6.45, 7) is 7.84. The normalized spacial score (nSPS) is 16.7. The van der Waals surface area contributed by atoms with Crippen LogP contribution in [0.5, 0.6) is 5.75 Å². The summed E-state index contributed by atoms with van der Waals surface area (Å²) in [4.78, 5) is 40.2. The van der Waals surface area contributed by atoms with Crippen molar-refractivity contribution in [2.24, 2.45) is 0 Å². The number of ketones is 1. The Bertz CT molecular complexity index is 1390. The van der Waals surface area contributed by atoms with Crippen molar-refractivity contribution < 1.29 is 29.0 Å². The number of aliphatic hydroxyl groups excluding tert-OH is 1. The van der Waals surface area contributed by atoms with Crippen molar-refractivity contribution in [3.05, 3.63) is 106 Å². The van der Waals surface area contributed by atoms with Gasteiger partial charge in [0.25, 0.3) is 11.7 Å². The number of hydrogen-bond acceptors (Lipinski definition) is 6. The maximum absolute atomic E-state index is 13.4. The number of nitrogens with zero attached hydrogens (tertiary/aromatic N) is 1. The molecule has 3 aromatic carbocycles. The number of likely N-dealkylation sites (tertiary alicyclic amines) is 1. The summed E-state index contributed by atoms with van der Waals surface area (Å²) in [6, 6.07) is 20.3. The average molecular weight is 514 g/mol. The predicted octanol–water partition coefficient (Wildman–Crippen LogP) is 5.58. The lowest BCUT2D eigenvalue weighted by Gasteiger charge is -2.26. The Morgan fingerprint density at radius 2 is 1.68 bits per heavy atom. The molecule has 196 valence electrons. The number of carbonyl (C=O) groups is 3. The lowest BCUT2D eigenvalue weighted by atomic mass is 9.94. The summed E-state index contributed by atoms with van der Waals surface area (Å²) in [5.74, 6) is -1.60. The van der Waals surface area contributed by atoms with E-state index in [0.29, 0.717) is 22.4 Å².